The van der Waals surface area contributed by atoms with Crippen LogP contribution in [0.4, 0.5) is 0 Å². The van der Waals surface area contributed by atoms with Crippen LogP contribution in [0.3, 0.4) is 0 Å². The van der Waals surface area contributed by atoms with Crippen molar-refractivity contribution in [2.24, 2.45) is 0 Å². The summed E-state index contributed by atoms with van der Waals surface area (Å²) in [5, 5.41) is 34.1. The van der Waals surface area contributed by atoms with E-state index in [1.165, 1.54) is 0 Å². The molecule has 0 fully saturated rings. The van der Waals surface area contributed by atoms with Crippen molar-refractivity contribution in [2.75, 3.05) is 0 Å². The molecule has 0 saturated heterocycles. The average Bonchev–Trinajstić information content (AvgIpc) is 2.27. The number of carbonyl (C=O) groups excluding carboxylic acids is 2. The molecule has 20 heavy (non-hydrogen) atoms. The fraction of sp³-hybridized carbons (Fsp3) is 0.500. The van der Waals surface area contributed by atoms with Gasteiger partial charge in [0, 0.05) is 0 Å². The van der Waals surface area contributed by atoms with Crippen molar-refractivity contribution in [3.8, 4) is 0 Å². The van der Waals surface area contributed by atoms with E-state index in [2.05, 4.69) is 8.37 Å². The Morgan fingerprint density at radius 1 is 0.850 bits per heavy atom. The van der Waals surface area contributed by atoms with Gasteiger partial charge in [-0.15, -0.1) is 0 Å². The van der Waals surface area contributed by atoms with Crippen molar-refractivity contribution >= 4 is 35.2 Å². The largest absolute Gasteiger partial charge is 0.479 e. The fourth-order valence-electron chi connectivity index (χ4n) is 0.727. The molecule has 0 heterocycles. The Kier molecular flexibility index (Phi) is 7.35. The Morgan fingerprint density at radius 2 is 1.15 bits per heavy atom. The van der Waals surface area contributed by atoms with E-state index in [0.29, 0.717) is 0 Å². The number of aliphatic hydroxyl groups excluding tert-OH is 2. The van der Waals surface area contributed by atoms with Crippen LogP contribution in [0.2, 0.25) is 0 Å². The monoisotopic (exact) mass is 314 g/mol. The van der Waals surface area contributed by atoms with Crippen molar-refractivity contribution in [3.63, 3.8) is 0 Å². The molecule has 114 valence electrons. The summed E-state index contributed by atoms with van der Waals surface area (Å²) in [6.45, 7) is 0. The smallest absolute Gasteiger partial charge is 0.422 e. The molecule has 0 aromatic carbocycles. The maximum absolute atomic E-state index is 10.9. The number of carboxylic acid groups (broad SMARTS) is 2. The van der Waals surface area contributed by atoms with Crippen LogP contribution >= 0.6 is 0 Å². The van der Waals surface area contributed by atoms with Crippen molar-refractivity contribution < 1.29 is 52.2 Å². The predicted molar refractivity (Wildman–Crippen MR) is 56.8 cm³/mol. The lowest BCUT2D eigenvalue weighted by Crippen LogP contribution is -2.27. The summed E-state index contributed by atoms with van der Waals surface area (Å²) in [6, 6.07) is 0. The third-order valence-corrected chi connectivity index (χ3v) is 2.26. The van der Waals surface area contributed by atoms with Crippen molar-refractivity contribution in [2.45, 2.75) is 25.0 Å². The second-order valence-electron chi connectivity index (χ2n) is 3.23. The molecule has 0 aliphatic heterocycles. The van der Waals surface area contributed by atoms with Crippen LogP contribution in [0.1, 0.15) is 12.8 Å². The molecular weight excluding hydrogens is 304 g/mol. The highest BCUT2D eigenvalue weighted by molar-refractivity contribution is 7.76. The zero-order chi connectivity index (χ0) is 15.9. The molecule has 0 aromatic heterocycles. The van der Waals surface area contributed by atoms with Gasteiger partial charge in [0.15, 0.2) is 12.2 Å². The van der Waals surface area contributed by atoms with Gasteiger partial charge >= 0.3 is 35.2 Å². The predicted octanol–water partition coefficient (Wildman–Crippen LogP) is -2.68. The SMILES string of the molecule is O=C(CC(O)C(=O)O)OS(=O)OC(=O)CC(O)C(=O)O. The van der Waals surface area contributed by atoms with Gasteiger partial charge in [0.2, 0.25) is 0 Å². The summed E-state index contributed by atoms with van der Waals surface area (Å²) < 4.78 is 18.8. The van der Waals surface area contributed by atoms with Crippen LogP contribution in [0.5, 0.6) is 0 Å². The molecule has 0 bridgehead atoms. The molecule has 2 atom stereocenters. The lowest BCUT2D eigenvalue weighted by Gasteiger charge is -2.06. The normalized spacial score (nSPS) is 14.7. The second-order valence-corrected chi connectivity index (χ2v) is 3.97. The van der Waals surface area contributed by atoms with Crippen LogP contribution in [-0.2, 0) is 38.9 Å². The Hall–Kier alpha value is -2.05. The molecule has 0 aliphatic rings. The Bertz CT molecular complexity index is 392. The van der Waals surface area contributed by atoms with Crippen molar-refractivity contribution in [1.29, 1.82) is 0 Å². The van der Waals surface area contributed by atoms with E-state index < -0.39 is 60.3 Å². The molecule has 0 spiro atoms. The lowest BCUT2D eigenvalue weighted by molar-refractivity contribution is -0.153. The van der Waals surface area contributed by atoms with Crippen molar-refractivity contribution in [3.05, 3.63) is 0 Å². The summed E-state index contributed by atoms with van der Waals surface area (Å²) in [5.74, 6) is -6.28. The van der Waals surface area contributed by atoms with E-state index in [4.69, 9.17) is 20.4 Å². The van der Waals surface area contributed by atoms with Gasteiger partial charge in [0.05, 0.1) is 12.8 Å². The highest BCUT2D eigenvalue weighted by atomic mass is 32.2. The van der Waals surface area contributed by atoms with Gasteiger partial charge in [-0.25, -0.2) is 9.59 Å². The molecule has 0 saturated carbocycles. The highest BCUT2D eigenvalue weighted by Crippen LogP contribution is 2.02. The molecule has 0 aromatic rings. The van der Waals surface area contributed by atoms with Crippen LogP contribution in [0, 0.1) is 0 Å². The van der Waals surface area contributed by atoms with Crippen LogP contribution in [0.25, 0.3) is 0 Å². The first-order chi connectivity index (χ1) is 9.13. The van der Waals surface area contributed by atoms with Gasteiger partial charge in [0.25, 0.3) is 0 Å². The zero-order valence-corrected chi connectivity index (χ0v) is 10.4. The molecule has 12 heteroatoms. The highest BCUT2D eigenvalue weighted by Gasteiger charge is 2.24. The minimum absolute atomic E-state index is 1.03. The second kappa shape index (κ2) is 8.19. The van der Waals surface area contributed by atoms with Crippen LogP contribution in [-0.4, -0.2) is 60.7 Å². The lowest BCUT2D eigenvalue weighted by atomic mass is 10.3. The standard InChI is InChI=1S/C8H10O11S/c9-3(7(13)14)1-5(11)18-20(17)19-6(12)2-4(10)8(15)16/h3-4,9-10H,1-2H2,(H,13,14)(H,15,16). The van der Waals surface area contributed by atoms with Gasteiger partial charge < -0.3 is 28.8 Å². The van der Waals surface area contributed by atoms with Gasteiger partial charge in [0.1, 0.15) is 0 Å². The number of aliphatic carboxylic acids is 2. The molecule has 0 radical (unpaired) electrons. The molecule has 0 amide bonds. The quantitative estimate of drug-likeness (QED) is 0.366. The molecule has 4 N–H and O–H groups in total. The average molecular weight is 314 g/mol. The van der Waals surface area contributed by atoms with E-state index in [1.54, 1.807) is 0 Å². The number of hydrogen-bond donors (Lipinski definition) is 4. The first kappa shape index (κ1) is 17.9. The Morgan fingerprint density at radius 3 is 1.40 bits per heavy atom. The topological polar surface area (TPSA) is 185 Å². The third-order valence-electron chi connectivity index (χ3n) is 1.61. The number of carbonyl (C=O) groups is 4. The van der Waals surface area contributed by atoms with E-state index in [0.717, 1.165) is 0 Å². The van der Waals surface area contributed by atoms with Gasteiger partial charge in [-0.3, -0.25) is 9.59 Å². The summed E-state index contributed by atoms with van der Waals surface area (Å²) in [7, 11) is 0. The summed E-state index contributed by atoms with van der Waals surface area (Å²) >= 11 is -2.95. The number of aliphatic hydroxyl groups is 2. The number of rotatable bonds is 8. The summed E-state index contributed by atoms with van der Waals surface area (Å²) in [4.78, 5) is 42.2. The van der Waals surface area contributed by atoms with Gasteiger partial charge in [-0.2, -0.15) is 4.21 Å². The fourth-order valence-corrected chi connectivity index (χ4v) is 1.20. The van der Waals surface area contributed by atoms with Gasteiger partial charge in [-0.05, 0) is 0 Å². The molecular formula is C8H10O11S. The van der Waals surface area contributed by atoms with Crippen LogP contribution < -0.4 is 0 Å². The Balaban J connectivity index is 4.16. The molecule has 0 rings (SSSR count). The number of carboxylic acids is 2. The Labute approximate surface area is 113 Å². The van der Waals surface area contributed by atoms with Crippen molar-refractivity contribution in [1.82, 2.24) is 0 Å². The maximum atomic E-state index is 10.9. The van der Waals surface area contributed by atoms with E-state index in [9.17, 15) is 23.4 Å². The summed E-state index contributed by atoms with van der Waals surface area (Å²) in [6.07, 6.45) is -6.22. The van der Waals surface area contributed by atoms with E-state index >= 15 is 0 Å². The minimum Gasteiger partial charge on any atom is -0.479 e. The van der Waals surface area contributed by atoms with E-state index in [-0.39, 0.29) is 0 Å². The molecule has 0 aliphatic carbocycles. The maximum Gasteiger partial charge on any atom is 0.422 e. The number of hydrogen-bond acceptors (Lipinski definition) is 9. The third kappa shape index (κ3) is 7.40. The zero-order valence-electron chi connectivity index (χ0n) is 9.62. The van der Waals surface area contributed by atoms with Gasteiger partial charge in [-0.1, -0.05) is 0 Å². The first-order valence-corrected chi connectivity index (χ1v) is 5.79. The molecule has 11 nitrogen and oxygen atoms in total. The minimum atomic E-state index is -2.95. The first-order valence-electron chi connectivity index (χ1n) is 4.79. The van der Waals surface area contributed by atoms with Crippen LogP contribution in [0.15, 0.2) is 0 Å². The van der Waals surface area contributed by atoms with E-state index in [1.807, 2.05) is 0 Å². The molecule has 2 unspecified atom stereocenters. The summed E-state index contributed by atoms with van der Waals surface area (Å²) in [5.41, 5.74) is 0.